The lowest BCUT2D eigenvalue weighted by Gasteiger charge is -2.14. The highest BCUT2D eigenvalue weighted by atomic mass is 16.5. The largest absolute Gasteiger partial charge is 0.376 e. The van der Waals surface area contributed by atoms with E-state index in [1.54, 1.807) is 24.3 Å². The van der Waals surface area contributed by atoms with Crippen LogP contribution in [0.1, 0.15) is 41.3 Å². The number of hydrogen-bond donors (Lipinski definition) is 3. The Balaban J connectivity index is 1.77. The molecule has 0 aromatic heterocycles. The predicted octanol–water partition coefficient (Wildman–Crippen LogP) is 3.64. The summed E-state index contributed by atoms with van der Waals surface area (Å²) in [5.41, 5.74) is 4.07. The van der Waals surface area contributed by atoms with Crippen LogP contribution in [0.2, 0.25) is 0 Å². The van der Waals surface area contributed by atoms with E-state index in [-0.39, 0.29) is 17.9 Å². The van der Waals surface area contributed by atoms with Gasteiger partial charge in [0.15, 0.2) is 0 Å². The molecule has 1 heterocycles. The lowest BCUT2D eigenvalue weighted by molar-refractivity contribution is -0.114. The van der Waals surface area contributed by atoms with Gasteiger partial charge in [0.05, 0.1) is 12.6 Å². The predicted molar refractivity (Wildman–Crippen MR) is 119 cm³/mol. The summed E-state index contributed by atoms with van der Waals surface area (Å²) in [6.07, 6.45) is 2.07. The third-order valence-electron chi connectivity index (χ3n) is 4.64. The molecular formula is C23H28N4O3. The Morgan fingerprint density at radius 1 is 1.07 bits per heavy atom. The quantitative estimate of drug-likeness (QED) is 0.520. The second kappa shape index (κ2) is 10.0. The van der Waals surface area contributed by atoms with Gasteiger partial charge in [-0.25, -0.2) is 4.99 Å². The van der Waals surface area contributed by atoms with Gasteiger partial charge in [0, 0.05) is 30.5 Å². The van der Waals surface area contributed by atoms with Crippen LogP contribution in [0.4, 0.5) is 11.4 Å². The van der Waals surface area contributed by atoms with E-state index in [2.05, 4.69) is 27.0 Å². The van der Waals surface area contributed by atoms with Crippen LogP contribution in [0.5, 0.6) is 0 Å². The number of amides is 2. The summed E-state index contributed by atoms with van der Waals surface area (Å²) >= 11 is 0. The number of ether oxygens (including phenoxy) is 1. The lowest BCUT2D eigenvalue weighted by atomic mass is 10.1. The van der Waals surface area contributed by atoms with E-state index in [0.29, 0.717) is 23.8 Å². The van der Waals surface area contributed by atoms with Crippen LogP contribution in [-0.4, -0.2) is 37.0 Å². The van der Waals surface area contributed by atoms with E-state index in [4.69, 9.17) is 4.74 Å². The van der Waals surface area contributed by atoms with Gasteiger partial charge in [-0.15, -0.1) is 0 Å². The summed E-state index contributed by atoms with van der Waals surface area (Å²) in [5, 5.41) is 8.77. The number of benzene rings is 2. The first-order valence-corrected chi connectivity index (χ1v) is 10.1. The molecule has 0 aliphatic carbocycles. The Morgan fingerprint density at radius 3 is 2.50 bits per heavy atom. The summed E-state index contributed by atoms with van der Waals surface area (Å²) in [5.74, 6) is -0.140. The van der Waals surface area contributed by atoms with Crippen LogP contribution in [0.15, 0.2) is 47.5 Å². The summed E-state index contributed by atoms with van der Waals surface area (Å²) < 4.78 is 5.65. The summed E-state index contributed by atoms with van der Waals surface area (Å²) in [7, 11) is 0. The third-order valence-corrected chi connectivity index (χ3v) is 4.64. The van der Waals surface area contributed by atoms with E-state index in [0.717, 1.165) is 36.3 Å². The van der Waals surface area contributed by atoms with E-state index in [9.17, 15) is 9.59 Å². The first kappa shape index (κ1) is 21.5. The van der Waals surface area contributed by atoms with Crippen LogP contribution in [0.3, 0.4) is 0 Å². The summed E-state index contributed by atoms with van der Waals surface area (Å²) in [6, 6.07) is 12.9. The highest BCUT2D eigenvalue weighted by molar-refractivity contribution is 6.10. The molecule has 2 aromatic carbocycles. The number of aryl methyl sites for hydroxylation is 2. The van der Waals surface area contributed by atoms with Crippen LogP contribution < -0.4 is 16.0 Å². The molecule has 7 heteroatoms. The highest BCUT2D eigenvalue weighted by Crippen LogP contribution is 2.15. The smallest absolute Gasteiger partial charge is 0.258 e. The molecule has 3 N–H and O–H groups in total. The van der Waals surface area contributed by atoms with Gasteiger partial charge in [0.2, 0.25) is 11.9 Å². The van der Waals surface area contributed by atoms with Gasteiger partial charge >= 0.3 is 0 Å². The number of guanidine groups is 1. The first-order chi connectivity index (χ1) is 14.4. The minimum absolute atomic E-state index is 0.0704. The van der Waals surface area contributed by atoms with Crippen molar-refractivity contribution in [2.24, 2.45) is 4.99 Å². The third kappa shape index (κ3) is 6.42. The minimum atomic E-state index is -0.315. The van der Waals surface area contributed by atoms with E-state index < -0.39 is 0 Å². The molecule has 0 saturated carbocycles. The monoisotopic (exact) mass is 408 g/mol. The van der Waals surface area contributed by atoms with Crippen molar-refractivity contribution in [1.29, 1.82) is 0 Å². The molecule has 3 rings (SSSR count). The molecule has 7 nitrogen and oxygen atoms in total. The molecule has 30 heavy (non-hydrogen) atoms. The number of rotatable bonds is 5. The van der Waals surface area contributed by atoms with Gasteiger partial charge < -0.3 is 15.4 Å². The molecule has 158 valence electrons. The lowest BCUT2D eigenvalue weighted by Crippen LogP contribution is -2.36. The maximum Gasteiger partial charge on any atom is 0.258 e. The zero-order valence-corrected chi connectivity index (χ0v) is 17.6. The molecule has 0 spiro atoms. The number of hydrogen-bond acceptors (Lipinski definition) is 4. The average Bonchev–Trinajstić information content (AvgIpc) is 3.18. The fourth-order valence-electron chi connectivity index (χ4n) is 3.40. The standard InChI is InChI=1S/C23H28N4O3/c1-15-10-16(2)12-20(11-15)26-23(24-14-21-8-5-9-30-21)27-22(29)18-6-4-7-19(13-18)25-17(3)28/h4,6-7,10-13,21H,5,8-9,14H2,1-3H3,(H,25,28)(H2,24,26,27,29)/t21-/m0/s1. The second-order valence-corrected chi connectivity index (χ2v) is 7.54. The van der Waals surface area contributed by atoms with Crippen LogP contribution >= 0.6 is 0 Å². The van der Waals surface area contributed by atoms with Crippen LogP contribution in [0, 0.1) is 13.8 Å². The van der Waals surface area contributed by atoms with Crippen molar-refractivity contribution in [1.82, 2.24) is 5.32 Å². The Bertz CT molecular complexity index is 929. The van der Waals surface area contributed by atoms with Crippen molar-refractivity contribution in [2.45, 2.75) is 39.7 Å². The maximum atomic E-state index is 12.8. The van der Waals surface area contributed by atoms with Crippen molar-refractivity contribution in [3.63, 3.8) is 0 Å². The summed E-state index contributed by atoms with van der Waals surface area (Å²) in [6.45, 7) is 6.69. The minimum Gasteiger partial charge on any atom is -0.376 e. The molecule has 1 atom stereocenters. The van der Waals surface area contributed by atoms with E-state index in [1.165, 1.54) is 6.92 Å². The van der Waals surface area contributed by atoms with E-state index in [1.807, 2.05) is 26.0 Å². The molecule has 1 aliphatic rings. The molecule has 0 radical (unpaired) electrons. The Morgan fingerprint density at radius 2 is 1.83 bits per heavy atom. The van der Waals surface area contributed by atoms with Crippen LogP contribution in [-0.2, 0) is 9.53 Å². The number of carbonyl (C=O) groups is 2. The number of anilines is 2. The SMILES string of the molecule is CC(=O)Nc1cccc(C(=O)NC(=NC[C@@H]2CCCO2)Nc2cc(C)cc(C)c2)c1. The van der Waals surface area contributed by atoms with Crippen molar-refractivity contribution in [3.05, 3.63) is 59.2 Å². The van der Waals surface area contributed by atoms with Crippen LogP contribution in [0.25, 0.3) is 0 Å². The summed E-state index contributed by atoms with van der Waals surface area (Å²) in [4.78, 5) is 28.7. The number of nitrogens with zero attached hydrogens (tertiary/aromatic N) is 1. The van der Waals surface area contributed by atoms with Gasteiger partial charge in [0.25, 0.3) is 5.91 Å². The maximum absolute atomic E-state index is 12.8. The van der Waals surface area contributed by atoms with Crippen molar-refractivity contribution >= 4 is 29.1 Å². The Kier molecular flexibility index (Phi) is 7.19. The fourth-order valence-corrected chi connectivity index (χ4v) is 3.40. The molecule has 2 amide bonds. The number of nitrogens with one attached hydrogen (secondary N) is 3. The topological polar surface area (TPSA) is 91.8 Å². The molecule has 1 saturated heterocycles. The highest BCUT2D eigenvalue weighted by Gasteiger charge is 2.16. The molecule has 0 bridgehead atoms. The number of aliphatic imine (C=N–C) groups is 1. The van der Waals surface area contributed by atoms with Crippen molar-refractivity contribution < 1.29 is 14.3 Å². The second-order valence-electron chi connectivity index (χ2n) is 7.54. The zero-order chi connectivity index (χ0) is 21.5. The zero-order valence-electron chi connectivity index (χ0n) is 17.6. The number of carbonyl (C=O) groups excluding carboxylic acids is 2. The molecule has 0 unspecified atom stereocenters. The molecule has 1 aliphatic heterocycles. The van der Waals surface area contributed by atoms with Gasteiger partial charge in [-0.1, -0.05) is 12.1 Å². The van der Waals surface area contributed by atoms with Gasteiger partial charge in [-0.3, -0.25) is 14.9 Å². The Hall–Kier alpha value is -3.19. The van der Waals surface area contributed by atoms with Crippen molar-refractivity contribution in [2.75, 3.05) is 23.8 Å². The van der Waals surface area contributed by atoms with Gasteiger partial charge in [0.1, 0.15) is 0 Å². The van der Waals surface area contributed by atoms with Crippen molar-refractivity contribution in [3.8, 4) is 0 Å². The van der Waals surface area contributed by atoms with Gasteiger partial charge in [-0.2, -0.15) is 0 Å². The van der Waals surface area contributed by atoms with E-state index >= 15 is 0 Å². The average molecular weight is 409 g/mol. The molecule has 1 fully saturated rings. The fraction of sp³-hybridized carbons (Fsp3) is 0.348. The Labute approximate surface area is 176 Å². The molecular weight excluding hydrogens is 380 g/mol. The normalized spacial score (nSPS) is 16.2. The first-order valence-electron chi connectivity index (χ1n) is 10.1. The molecule has 2 aromatic rings. The van der Waals surface area contributed by atoms with Gasteiger partial charge in [-0.05, 0) is 68.1 Å².